The highest BCUT2D eigenvalue weighted by molar-refractivity contribution is 5.16. The van der Waals surface area contributed by atoms with Crippen LogP contribution in [0.5, 0.6) is 0 Å². The molecule has 4 rings (SSSR count). The number of fused-ring (bicyclic) bond motifs is 4. The first kappa shape index (κ1) is 9.34. The van der Waals surface area contributed by atoms with E-state index in [1.165, 1.54) is 37.7 Å². The monoisotopic (exact) mass is 202 g/mol. The average Bonchev–Trinajstić information content (AvgIpc) is 2.63. The van der Waals surface area contributed by atoms with Crippen molar-refractivity contribution in [1.29, 1.82) is 0 Å². The van der Waals surface area contributed by atoms with E-state index in [0.29, 0.717) is 6.04 Å². The summed E-state index contributed by atoms with van der Waals surface area (Å²) in [5, 5.41) is 3.80. The minimum absolute atomic E-state index is 0.577. The number of nitrogens with zero attached hydrogens (tertiary/aromatic N) is 1. The van der Waals surface area contributed by atoms with Gasteiger partial charge in [-0.1, -0.05) is 0 Å². The van der Waals surface area contributed by atoms with Gasteiger partial charge in [-0.2, -0.15) is 0 Å². The van der Waals surface area contributed by atoms with Gasteiger partial charge in [0.2, 0.25) is 0 Å². The highest BCUT2D eigenvalue weighted by Crippen LogP contribution is 2.37. The molecule has 2 saturated heterocycles. The second-order valence-corrected chi connectivity index (χ2v) is 4.95. The second-order valence-electron chi connectivity index (χ2n) is 4.95. The minimum Gasteiger partial charge on any atom is -0.307 e. The molecule has 1 N–H and O–H groups in total. The van der Waals surface area contributed by atoms with Crippen LogP contribution in [0.3, 0.4) is 0 Å². The van der Waals surface area contributed by atoms with Gasteiger partial charge in [-0.15, -0.1) is 0 Å². The van der Waals surface area contributed by atoms with E-state index < -0.39 is 0 Å². The molecular formula is C13H18N2. The largest absolute Gasteiger partial charge is 0.307 e. The zero-order valence-corrected chi connectivity index (χ0v) is 9.02. The van der Waals surface area contributed by atoms with Crippen LogP contribution in [-0.2, 0) is 0 Å². The highest BCUT2D eigenvalue weighted by Gasteiger charge is 2.30. The van der Waals surface area contributed by atoms with Gasteiger partial charge in [-0.3, -0.25) is 4.98 Å². The Morgan fingerprint density at radius 1 is 1.07 bits per heavy atom. The van der Waals surface area contributed by atoms with Crippen molar-refractivity contribution < 1.29 is 0 Å². The Kier molecular flexibility index (Phi) is 2.45. The van der Waals surface area contributed by atoms with Gasteiger partial charge in [0.15, 0.2) is 0 Å². The molecule has 3 aliphatic rings. The lowest BCUT2D eigenvalue weighted by Crippen LogP contribution is -2.30. The van der Waals surface area contributed by atoms with Gasteiger partial charge < -0.3 is 5.32 Å². The summed E-state index contributed by atoms with van der Waals surface area (Å²) in [6.45, 7) is 0. The number of aromatic nitrogens is 1. The van der Waals surface area contributed by atoms with Crippen LogP contribution in [0.25, 0.3) is 0 Å². The van der Waals surface area contributed by atoms with Gasteiger partial charge in [-0.25, -0.2) is 0 Å². The van der Waals surface area contributed by atoms with Gasteiger partial charge in [0.05, 0.1) is 0 Å². The molecule has 15 heavy (non-hydrogen) atoms. The van der Waals surface area contributed by atoms with E-state index in [1.54, 1.807) is 0 Å². The smallest absolute Gasteiger partial charge is 0.0326 e. The van der Waals surface area contributed by atoms with Crippen LogP contribution >= 0.6 is 0 Å². The molecule has 0 spiro atoms. The first-order valence-corrected chi connectivity index (χ1v) is 6.08. The van der Waals surface area contributed by atoms with Gasteiger partial charge in [-0.05, 0) is 55.7 Å². The van der Waals surface area contributed by atoms with E-state index >= 15 is 0 Å². The lowest BCUT2D eigenvalue weighted by atomic mass is 9.85. The van der Waals surface area contributed by atoms with E-state index in [0.717, 1.165) is 12.0 Å². The van der Waals surface area contributed by atoms with Crippen LogP contribution < -0.4 is 5.32 Å². The number of hydrogen-bond donors (Lipinski definition) is 1. The second kappa shape index (κ2) is 3.93. The van der Waals surface area contributed by atoms with E-state index in [4.69, 9.17) is 0 Å². The molecule has 1 atom stereocenters. The predicted molar refractivity (Wildman–Crippen MR) is 60.5 cm³/mol. The van der Waals surface area contributed by atoms with E-state index in [9.17, 15) is 0 Å². The molecule has 1 saturated carbocycles. The first-order valence-electron chi connectivity index (χ1n) is 6.08. The van der Waals surface area contributed by atoms with E-state index in [2.05, 4.69) is 22.4 Å². The van der Waals surface area contributed by atoms with Crippen LogP contribution in [0.4, 0.5) is 0 Å². The van der Waals surface area contributed by atoms with Crippen LogP contribution in [0.2, 0.25) is 0 Å². The Bertz CT molecular complexity index is 301. The van der Waals surface area contributed by atoms with E-state index in [-0.39, 0.29) is 0 Å². The fourth-order valence-corrected chi connectivity index (χ4v) is 3.08. The predicted octanol–water partition coefficient (Wildman–Crippen LogP) is 2.67. The molecule has 3 fully saturated rings. The van der Waals surface area contributed by atoms with Crippen molar-refractivity contribution in [2.24, 2.45) is 5.92 Å². The Morgan fingerprint density at radius 2 is 1.80 bits per heavy atom. The van der Waals surface area contributed by atoms with Crippen molar-refractivity contribution in [1.82, 2.24) is 10.3 Å². The van der Waals surface area contributed by atoms with Crippen LogP contribution in [0, 0.1) is 5.92 Å². The van der Waals surface area contributed by atoms with Gasteiger partial charge in [0, 0.05) is 24.5 Å². The SMILES string of the molecule is c1cc(C2CC3CCC(CC3)N2)ccn1. The summed E-state index contributed by atoms with van der Waals surface area (Å²) in [5.74, 6) is 0.953. The third-order valence-electron chi connectivity index (χ3n) is 3.96. The molecule has 2 bridgehead atoms. The summed E-state index contributed by atoms with van der Waals surface area (Å²) in [6, 6.07) is 5.65. The molecule has 1 aromatic heterocycles. The molecule has 0 aromatic carbocycles. The molecule has 3 heterocycles. The Balaban J connectivity index is 1.82. The van der Waals surface area contributed by atoms with Crippen molar-refractivity contribution in [3.63, 3.8) is 0 Å². The van der Waals surface area contributed by atoms with Crippen molar-refractivity contribution in [3.8, 4) is 0 Å². The van der Waals surface area contributed by atoms with Gasteiger partial charge in [0.25, 0.3) is 0 Å². The topological polar surface area (TPSA) is 24.9 Å². The maximum absolute atomic E-state index is 4.09. The number of pyridine rings is 1. The van der Waals surface area contributed by atoms with Crippen molar-refractivity contribution in [2.75, 3.05) is 0 Å². The van der Waals surface area contributed by atoms with Crippen molar-refractivity contribution >= 4 is 0 Å². The molecule has 1 aliphatic carbocycles. The van der Waals surface area contributed by atoms with Crippen LogP contribution in [-0.4, -0.2) is 11.0 Å². The Morgan fingerprint density at radius 3 is 2.53 bits per heavy atom. The number of rotatable bonds is 1. The maximum atomic E-state index is 4.09. The van der Waals surface area contributed by atoms with E-state index in [1.807, 2.05) is 12.4 Å². The summed E-state index contributed by atoms with van der Waals surface area (Å²) < 4.78 is 0. The maximum Gasteiger partial charge on any atom is 0.0326 e. The molecule has 0 radical (unpaired) electrons. The first-order chi connectivity index (χ1) is 7.42. The summed E-state index contributed by atoms with van der Waals surface area (Å²) in [7, 11) is 0. The highest BCUT2D eigenvalue weighted by atomic mass is 15.0. The fourth-order valence-electron chi connectivity index (χ4n) is 3.08. The minimum atomic E-state index is 0.577. The quantitative estimate of drug-likeness (QED) is 0.757. The standard InChI is InChI=1S/C13H18N2/c1-3-12-4-2-10(1)9-13(15-12)11-5-7-14-8-6-11/h5-8,10,12-13,15H,1-4,9H2. The number of nitrogens with one attached hydrogen (secondary N) is 1. The summed E-state index contributed by atoms with van der Waals surface area (Å²) in [5.41, 5.74) is 1.42. The normalized spacial score (nSPS) is 35.1. The number of hydrogen-bond acceptors (Lipinski definition) is 2. The molecule has 0 amide bonds. The summed E-state index contributed by atoms with van der Waals surface area (Å²) >= 11 is 0. The van der Waals surface area contributed by atoms with Crippen molar-refractivity contribution in [3.05, 3.63) is 30.1 Å². The van der Waals surface area contributed by atoms with Gasteiger partial charge >= 0.3 is 0 Å². The zero-order valence-electron chi connectivity index (χ0n) is 9.02. The molecule has 1 aromatic rings. The fraction of sp³-hybridized carbons (Fsp3) is 0.615. The average molecular weight is 202 g/mol. The summed E-state index contributed by atoms with van der Waals surface area (Å²) in [4.78, 5) is 4.09. The van der Waals surface area contributed by atoms with Crippen LogP contribution in [0.15, 0.2) is 24.5 Å². The third-order valence-corrected chi connectivity index (χ3v) is 3.96. The molecule has 2 heteroatoms. The molecule has 80 valence electrons. The Hall–Kier alpha value is -0.890. The lowest BCUT2D eigenvalue weighted by Gasteiger charge is -2.22. The van der Waals surface area contributed by atoms with Crippen molar-refractivity contribution in [2.45, 2.75) is 44.2 Å². The van der Waals surface area contributed by atoms with Crippen LogP contribution in [0.1, 0.15) is 43.7 Å². The molecule has 2 aliphatic heterocycles. The molecule has 2 nitrogen and oxygen atoms in total. The summed E-state index contributed by atoms with van der Waals surface area (Å²) in [6.07, 6.45) is 10.8. The Labute approximate surface area is 91.1 Å². The lowest BCUT2D eigenvalue weighted by molar-refractivity contribution is 0.344. The van der Waals surface area contributed by atoms with Gasteiger partial charge in [0.1, 0.15) is 0 Å². The third kappa shape index (κ3) is 1.91. The molecular weight excluding hydrogens is 184 g/mol. The zero-order chi connectivity index (χ0) is 10.1. The molecule has 1 unspecified atom stereocenters.